The van der Waals surface area contributed by atoms with E-state index < -0.39 is 9.84 Å². The zero-order chi connectivity index (χ0) is 14.9. The maximum atomic E-state index is 12.1. The van der Waals surface area contributed by atoms with E-state index in [1.807, 2.05) is 11.9 Å². The summed E-state index contributed by atoms with van der Waals surface area (Å²) < 4.78 is 30.0. The number of hydrogen-bond acceptors (Lipinski definition) is 5. The lowest BCUT2D eigenvalue weighted by atomic mass is 10.0. The predicted molar refractivity (Wildman–Crippen MR) is 80.1 cm³/mol. The highest BCUT2D eigenvalue weighted by atomic mass is 32.2. The number of sulfone groups is 1. The molecule has 0 spiro atoms. The van der Waals surface area contributed by atoms with E-state index in [4.69, 9.17) is 10.5 Å². The van der Waals surface area contributed by atoms with Crippen LogP contribution in [-0.2, 0) is 9.84 Å². The molecule has 112 valence electrons. The maximum Gasteiger partial charge on any atom is 0.179 e. The van der Waals surface area contributed by atoms with Gasteiger partial charge in [0.2, 0.25) is 0 Å². The molecule has 1 aromatic carbocycles. The molecule has 2 N–H and O–H groups in total. The molecule has 0 saturated heterocycles. The molecule has 20 heavy (non-hydrogen) atoms. The number of likely N-dealkylation sites (N-methyl/N-ethyl adjacent to an activating group) is 1. The molecule has 1 aliphatic heterocycles. The standard InChI is InChI=1S/C14H22N2O3S/c1-10(2)14-9-16(3)12-8-11(4-5-13(12)19-14)20(17,18)7-6-15/h4-5,8,10,14H,6-7,9,15H2,1-3H3. The van der Waals surface area contributed by atoms with Gasteiger partial charge in [0.25, 0.3) is 0 Å². The summed E-state index contributed by atoms with van der Waals surface area (Å²) in [5.74, 6) is 1.11. The van der Waals surface area contributed by atoms with Crippen LogP contribution in [0, 0.1) is 5.92 Å². The lowest BCUT2D eigenvalue weighted by molar-refractivity contribution is 0.147. The highest BCUT2D eigenvalue weighted by Gasteiger charge is 2.27. The summed E-state index contributed by atoms with van der Waals surface area (Å²) in [6.07, 6.45) is 0.124. The van der Waals surface area contributed by atoms with Crippen molar-refractivity contribution in [2.24, 2.45) is 11.7 Å². The third kappa shape index (κ3) is 2.91. The Labute approximate surface area is 120 Å². The van der Waals surface area contributed by atoms with Gasteiger partial charge >= 0.3 is 0 Å². The molecule has 0 fully saturated rings. The van der Waals surface area contributed by atoms with Gasteiger partial charge in [-0.05, 0) is 24.1 Å². The summed E-state index contributed by atoms with van der Waals surface area (Å²) in [7, 11) is -1.35. The molecule has 0 radical (unpaired) electrons. The van der Waals surface area contributed by atoms with Gasteiger partial charge in [-0.25, -0.2) is 8.42 Å². The van der Waals surface area contributed by atoms with Crippen molar-refractivity contribution in [1.82, 2.24) is 0 Å². The van der Waals surface area contributed by atoms with E-state index in [0.29, 0.717) is 10.8 Å². The topological polar surface area (TPSA) is 72.6 Å². The Balaban J connectivity index is 2.36. The first-order valence-corrected chi connectivity index (χ1v) is 8.45. The maximum absolute atomic E-state index is 12.1. The van der Waals surface area contributed by atoms with Crippen LogP contribution in [0.5, 0.6) is 5.75 Å². The van der Waals surface area contributed by atoms with Crippen molar-refractivity contribution in [1.29, 1.82) is 0 Å². The predicted octanol–water partition coefficient (Wildman–Crippen LogP) is 1.27. The molecule has 1 aliphatic rings. The van der Waals surface area contributed by atoms with Crippen molar-refractivity contribution < 1.29 is 13.2 Å². The van der Waals surface area contributed by atoms with Crippen LogP contribution in [0.15, 0.2) is 23.1 Å². The van der Waals surface area contributed by atoms with Crippen molar-refractivity contribution in [3.63, 3.8) is 0 Å². The van der Waals surface area contributed by atoms with Crippen molar-refractivity contribution in [3.05, 3.63) is 18.2 Å². The number of nitrogens with zero attached hydrogens (tertiary/aromatic N) is 1. The van der Waals surface area contributed by atoms with Gasteiger partial charge in [0.05, 0.1) is 22.9 Å². The van der Waals surface area contributed by atoms with Gasteiger partial charge in [-0.1, -0.05) is 13.8 Å². The third-order valence-corrected chi connectivity index (χ3v) is 5.31. The van der Waals surface area contributed by atoms with Crippen molar-refractivity contribution in [2.45, 2.75) is 24.8 Å². The van der Waals surface area contributed by atoms with E-state index in [0.717, 1.165) is 18.0 Å². The third-order valence-electron chi connectivity index (χ3n) is 3.56. The first kappa shape index (κ1) is 15.1. The second-order valence-corrected chi connectivity index (χ2v) is 7.63. The molecule has 1 heterocycles. The fourth-order valence-electron chi connectivity index (χ4n) is 2.28. The molecule has 0 amide bonds. The second kappa shape index (κ2) is 5.61. The van der Waals surface area contributed by atoms with Crippen molar-refractivity contribution in [2.75, 3.05) is 30.8 Å². The number of nitrogens with two attached hydrogens (primary N) is 1. The van der Waals surface area contributed by atoms with Gasteiger partial charge < -0.3 is 15.4 Å². The Morgan fingerprint density at radius 3 is 2.75 bits per heavy atom. The van der Waals surface area contributed by atoms with Gasteiger partial charge in [0, 0.05) is 13.6 Å². The minimum Gasteiger partial charge on any atom is -0.486 e. The average Bonchev–Trinajstić information content (AvgIpc) is 2.38. The van der Waals surface area contributed by atoms with Crippen LogP contribution in [0.2, 0.25) is 0 Å². The summed E-state index contributed by atoms with van der Waals surface area (Å²) in [5, 5.41) is 0. The first-order valence-electron chi connectivity index (χ1n) is 6.80. The molecule has 1 aromatic rings. The van der Waals surface area contributed by atoms with Gasteiger partial charge in [0.15, 0.2) is 9.84 Å². The number of hydrogen-bond donors (Lipinski definition) is 1. The quantitative estimate of drug-likeness (QED) is 0.906. The van der Waals surface area contributed by atoms with Crippen LogP contribution in [-0.4, -0.2) is 40.4 Å². The van der Waals surface area contributed by atoms with Gasteiger partial charge in [-0.2, -0.15) is 0 Å². The lowest BCUT2D eigenvalue weighted by Crippen LogP contribution is -2.40. The molecule has 0 saturated carbocycles. The van der Waals surface area contributed by atoms with Gasteiger partial charge in [-0.3, -0.25) is 0 Å². The van der Waals surface area contributed by atoms with Crippen LogP contribution in [0.3, 0.4) is 0 Å². The van der Waals surface area contributed by atoms with Crippen LogP contribution < -0.4 is 15.4 Å². The Kier molecular flexibility index (Phi) is 4.25. The zero-order valence-electron chi connectivity index (χ0n) is 12.2. The lowest BCUT2D eigenvalue weighted by Gasteiger charge is -2.36. The highest BCUT2D eigenvalue weighted by Crippen LogP contribution is 2.36. The molecule has 1 unspecified atom stereocenters. The SMILES string of the molecule is CC(C)C1CN(C)c2cc(S(=O)(=O)CCN)ccc2O1. The molecule has 2 rings (SSSR count). The van der Waals surface area contributed by atoms with E-state index in [1.165, 1.54) is 0 Å². The minimum absolute atomic E-state index is 0.0367. The van der Waals surface area contributed by atoms with Crippen LogP contribution in [0.25, 0.3) is 0 Å². The van der Waals surface area contributed by atoms with E-state index in [9.17, 15) is 8.42 Å². The van der Waals surface area contributed by atoms with E-state index >= 15 is 0 Å². The summed E-state index contributed by atoms with van der Waals surface area (Å²) in [4.78, 5) is 2.35. The fourth-order valence-corrected chi connectivity index (χ4v) is 3.39. The molecular weight excluding hydrogens is 276 g/mol. The Morgan fingerprint density at radius 2 is 2.15 bits per heavy atom. The number of benzene rings is 1. The number of ether oxygens (including phenoxy) is 1. The van der Waals surface area contributed by atoms with Gasteiger partial charge in [-0.15, -0.1) is 0 Å². The Hall–Kier alpha value is -1.27. The normalized spacial score (nSPS) is 18.9. The first-order chi connectivity index (χ1) is 9.35. The van der Waals surface area contributed by atoms with Crippen molar-refractivity contribution >= 4 is 15.5 Å². The largest absolute Gasteiger partial charge is 0.486 e. The molecule has 0 aliphatic carbocycles. The summed E-state index contributed by atoms with van der Waals surface area (Å²) in [6.45, 7) is 5.11. The number of anilines is 1. The molecule has 0 bridgehead atoms. The number of fused-ring (bicyclic) bond motifs is 1. The van der Waals surface area contributed by atoms with Crippen LogP contribution in [0.1, 0.15) is 13.8 Å². The fraction of sp³-hybridized carbons (Fsp3) is 0.571. The second-order valence-electron chi connectivity index (χ2n) is 5.52. The average molecular weight is 298 g/mol. The van der Waals surface area contributed by atoms with Crippen molar-refractivity contribution in [3.8, 4) is 5.75 Å². The zero-order valence-corrected chi connectivity index (χ0v) is 13.0. The molecule has 5 nitrogen and oxygen atoms in total. The van der Waals surface area contributed by atoms with E-state index in [2.05, 4.69) is 13.8 Å². The monoisotopic (exact) mass is 298 g/mol. The Bertz CT molecular complexity index is 584. The molecule has 1 atom stereocenters. The molecule has 6 heteroatoms. The van der Waals surface area contributed by atoms with Gasteiger partial charge in [0.1, 0.15) is 11.9 Å². The van der Waals surface area contributed by atoms with Crippen LogP contribution in [0.4, 0.5) is 5.69 Å². The van der Waals surface area contributed by atoms with E-state index in [-0.39, 0.29) is 18.4 Å². The Morgan fingerprint density at radius 1 is 1.45 bits per heavy atom. The summed E-state index contributed by atoms with van der Waals surface area (Å²) in [5.41, 5.74) is 6.17. The highest BCUT2D eigenvalue weighted by molar-refractivity contribution is 7.91. The smallest absolute Gasteiger partial charge is 0.179 e. The molecular formula is C14H22N2O3S. The summed E-state index contributed by atoms with van der Waals surface area (Å²) >= 11 is 0. The minimum atomic E-state index is -3.30. The van der Waals surface area contributed by atoms with E-state index in [1.54, 1.807) is 18.2 Å². The summed E-state index contributed by atoms with van der Waals surface area (Å²) in [6, 6.07) is 5.01. The number of rotatable bonds is 4. The van der Waals surface area contributed by atoms with Crippen LogP contribution >= 0.6 is 0 Å². The molecule has 0 aromatic heterocycles.